The summed E-state index contributed by atoms with van der Waals surface area (Å²) < 4.78 is 10.9. The van der Waals surface area contributed by atoms with Gasteiger partial charge < -0.3 is 20.2 Å². The van der Waals surface area contributed by atoms with Gasteiger partial charge in [0.05, 0.1) is 6.54 Å². The topological polar surface area (TPSA) is 80.7 Å². The van der Waals surface area contributed by atoms with Crippen LogP contribution in [0.1, 0.15) is 39.2 Å². The van der Waals surface area contributed by atoms with E-state index in [2.05, 4.69) is 10.2 Å². The average molecular weight is 311 g/mol. The smallest absolute Gasteiger partial charge is 0.407 e. The molecule has 2 atom stereocenters. The van der Waals surface area contributed by atoms with Gasteiger partial charge in [0.15, 0.2) is 0 Å². The number of nitrogens with one attached hydrogen (secondary N) is 1. The summed E-state index contributed by atoms with van der Waals surface area (Å²) in [4.78, 5) is 13.9. The molecule has 22 heavy (non-hydrogen) atoms. The molecule has 0 saturated heterocycles. The monoisotopic (exact) mass is 311 g/mol. The van der Waals surface area contributed by atoms with Gasteiger partial charge in [0, 0.05) is 18.6 Å². The maximum Gasteiger partial charge on any atom is 0.407 e. The van der Waals surface area contributed by atoms with E-state index >= 15 is 0 Å². The summed E-state index contributed by atoms with van der Waals surface area (Å²) in [5.74, 6) is 1.76. The van der Waals surface area contributed by atoms with Gasteiger partial charge in [-0.2, -0.15) is 0 Å². The molecule has 1 rings (SSSR count). The Balaban J connectivity index is 2.59. The van der Waals surface area contributed by atoms with Crippen LogP contribution in [0.5, 0.6) is 0 Å². The highest BCUT2D eigenvalue weighted by Crippen LogP contribution is 2.12. The van der Waals surface area contributed by atoms with Crippen LogP contribution in [-0.2, 0) is 11.3 Å². The molecule has 0 aliphatic heterocycles. The van der Waals surface area contributed by atoms with Crippen molar-refractivity contribution >= 4 is 6.09 Å². The van der Waals surface area contributed by atoms with Crippen molar-refractivity contribution in [2.45, 2.75) is 58.8 Å². The maximum atomic E-state index is 11.9. The Bertz CT molecular complexity index is 479. The molecule has 0 bridgehead atoms. The number of hydrogen-bond donors (Lipinski definition) is 2. The molecular formula is C16H29N3O3. The van der Waals surface area contributed by atoms with Gasteiger partial charge in [0.1, 0.15) is 17.1 Å². The SMILES string of the molecule is Cc1ccc(CN(C)C(CN)C(C)NC(=O)OC(C)(C)C)o1. The molecule has 0 aromatic carbocycles. The van der Waals surface area contributed by atoms with Crippen molar-refractivity contribution in [1.29, 1.82) is 0 Å². The van der Waals surface area contributed by atoms with Gasteiger partial charge in [-0.15, -0.1) is 0 Å². The summed E-state index contributed by atoms with van der Waals surface area (Å²) >= 11 is 0. The summed E-state index contributed by atoms with van der Waals surface area (Å²) in [7, 11) is 1.96. The minimum Gasteiger partial charge on any atom is -0.465 e. The van der Waals surface area contributed by atoms with E-state index in [1.165, 1.54) is 0 Å². The second-order valence-electron chi connectivity index (χ2n) is 6.67. The molecule has 2 unspecified atom stereocenters. The predicted octanol–water partition coefficient (Wildman–Crippen LogP) is 2.26. The first-order chi connectivity index (χ1) is 10.1. The van der Waals surface area contributed by atoms with E-state index in [1.54, 1.807) is 0 Å². The molecule has 3 N–H and O–H groups in total. The number of carbonyl (C=O) groups excluding carboxylic acids is 1. The third kappa shape index (κ3) is 6.07. The van der Waals surface area contributed by atoms with E-state index < -0.39 is 11.7 Å². The zero-order valence-electron chi connectivity index (χ0n) is 14.5. The highest BCUT2D eigenvalue weighted by molar-refractivity contribution is 5.68. The van der Waals surface area contributed by atoms with Gasteiger partial charge in [-0.25, -0.2) is 4.79 Å². The molecule has 1 aromatic heterocycles. The van der Waals surface area contributed by atoms with Crippen molar-refractivity contribution in [3.8, 4) is 0 Å². The Labute approximate surface area is 133 Å². The van der Waals surface area contributed by atoms with Crippen LogP contribution < -0.4 is 11.1 Å². The molecule has 0 saturated carbocycles. The highest BCUT2D eigenvalue weighted by Gasteiger charge is 2.25. The van der Waals surface area contributed by atoms with E-state index in [1.807, 2.05) is 53.8 Å². The van der Waals surface area contributed by atoms with Crippen LogP contribution in [0.15, 0.2) is 16.5 Å². The second kappa shape index (κ2) is 7.65. The number of ether oxygens (including phenoxy) is 1. The number of likely N-dealkylation sites (N-methyl/N-ethyl adjacent to an activating group) is 1. The third-order valence-corrected chi connectivity index (χ3v) is 3.33. The van der Waals surface area contributed by atoms with Gasteiger partial charge in [0.25, 0.3) is 0 Å². The Kier molecular flexibility index (Phi) is 6.44. The van der Waals surface area contributed by atoms with Gasteiger partial charge in [-0.3, -0.25) is 4.90 Å². The van der Waals surface area contributed by atoms with Crippen LogP contribution in [0.2, 0.25) is 0 Å². The summed E-state index contributed by atoms with van der Waals surface area (Å²) in [5.41, 5.74) is 5.36. The number of rotatable bonds is 6. The lowest BCUT2D eigenvalue weighted by molar-refractivity contribution is 0.0475. The summed E-state index contributed by atoms with van der Waals surface area (Å²) in [6, 6.07) is 3.73. The molecule has 126 valence electrons. The molecule has 1 heterocycles. The van der Waals surface area contributed by atoms with Crippen LogP contribution in [0, 0.1) is 6.92 Å². The zero-order chi connectivity index (χ0) is 16.9. The van der Waals surface area contributed by atoms with Crippen LogP contribution in [0.25, 0.3) is 0 Å². The second-order valence-corrected chi connectivity index (χ2v) is 6.67. The zero-order valence-corrected chi connectivity index (χ0v) is 14.5. The predicted molar refractivity (Wildman–Crippen MR) is 86.6 cm³/mol. The van der Waals surface area contributed by atoms with Gasteiger partial charge in [0.2, 0.25) is 0 Å². The van der Waals surface area contributed by atoms with Gasteiger partial charge >= 0.3 is 6.09 Å². The molecule has 0 aliphatic rings. The normalized spacial score (nSPS) is 14.7. The molecule has 1 amide bonds. The van der Waals surface area contributed by atoms with E-state index in [9.17, 15) is 4.79 Å². The van der Waals surface area contributed by atoms with E-state index in [0.29, 0.717) is 13.1 Å². The van der Waals surface area contributed by atoms with Crippen LogP contribution >= 0.6 is 0 Å². The number of nitrogens with two attached hydrogens (primary N) is 1. The lowest BCUT2D eigenvalue weighted by atomic mass is 10.1. The largest absolute Gasteiger partial charge is 0.465 e. The summed E-state index contributed by atoms with van der Waals surface area (Å²) in [6.45, 7) is 10.4. The number of hydrogen-bond acceptors (Lipinski definition) is 5. The molecular weight excluding hydrogens is 282 g/mol. The Morgan fingerprint density at radius 3 is 2.55 bits per heavy atom. The highest BCUT2D eigenvalue weighted by atomic mass is 16.6. The number of aryl methyl sites for hydroxylation is 1. The molecule has 1 aromatic rings. The fraction of sp³-hybridized carbons (Fsp3) is 0.688. The number of furan rings is 1. The average Bonchev–Trinajstić information content (AvgIpc) is 2.72. The van der Waals surface area contributed by atoms with Crippen molar-refractivity contribution in [3.05, 3.63) is 23.7 Å². The van der Waals surface area contributed by atoms with Crippen molar-refractivity contribution in [2.75, 3.05) is 13.6 Å². The molecule has 6 heteroatoms. The maximum absolute atomic E-state index is 11.9. The fourth-order valence-electron chi connectivity index (χ4n) is 2.29. The van der Waals surface area contributed by atoms with E-state index in [-0.39, 0.29) is 12.1 Å². The third-order valence-electron chi connectivity index (χ3n) is 3.33. The van der Waals surface area contributed by atoms with Crippen LogP contribution in [-0.4, -0.2) is 42.3 Å². The summed E-state index contributed by atoms with van der Waals surface area (Å²) in [5, 5.41) is 2.85. The minimum absolute atomic E-state index is 0.0158. The Morgan fingerprint density at radius 1 is 1.45 bits per heavy atom. The summed E-state index contributed by atoms with van der Waals surface area (Å²) in [6.07, 6.45) is -0.430. The first kappa shape index (κ1) is 18.5. The van der Waals surface area contributed by atoms with Crippen molar-refractivity contribution in [1.82, 2.24) is 10.2 Å². The van der Waals surface area contributed by atoms with Crippen molar-refractivity contribution in [2.24, 2.45) is 5.73 Å². The molecule has 0 radical (unpaired) electrons. The Morgan fingerprint density at radius 2 is 2.09 bits per heavy atom. The number of alkyl carbamates (subject to hydrolysis) is 1. The van der Waals surface area contributed by atoms with E-state index in [0.717, 1.165) is 11.5 Å². The molecule has 0 fully saturated rings. The van der Waals surface area contributed by atoms with Crippen molar-refractivity contribution in [3.63, 3.8) is 0 Å². The first-order valence-corrected chi connectivity index (χ1v) is 7.57. The number of nitrogens with zero attached hydrogens (tertiary/aromatic N) is 1. The number of amides is 1. The van der Waals surface area contributed by atoms with Crippen LogP contribution in [0.3, 0.4) is 0 Å². The molecule has 0 aliphatic carbocycles. The molecule has 0 spiro atoms. The minimum atomic E-state index is -0.514. The van der Waals surface area contributed by atoms with Crippen LogP contribution in [0.4, 0.5) is 4.79 Å². The standard InChI is InChI=1S/C16H29N3O3/c1-11-7-8-13(21-11)10-19(6)14(9-17)12(2)18-15(20)22-16(3,4)5/h7-8,12,14H,9-10,17H2,1-6H3,(H,18,20). The quantitative estimate of drug-likeness (QED) is 0.842. The number of carbonyl (C=O) groups is 1. The molecule has 6 nitrogen and oxygen atoms in total. The van der Waals surface area contributed by atoms with E-state index in [4.69, 9.17) is 14.9 Å². The Hall–Kier alpha value is -1.53. The first-order valence-electron chi connectivity index (χ1n) is 7.57. The van der Waals surface area contributed by atoms with Crippen molar-refractivity contribution < 1.29 is 13.9 Å². The van der Waals surface area contributed by atoms with Gasteiger partial charge in [-0.1, -0.05) is 0 Å². The lowest BCUT2D eigenvalue weighted by Gasteiger charge is -2.32. The lowest BCUT2D eigenvalue weighted by Crippen LogP contribution is -2.53. The van der Waals surface area contributed by atoms with Gasteiger partial charge in [-0.05, 0) is 53.8 Å². The fourth-order valence-corrected chi connectivity index (χ4v) is 2.29.